The van der Waals surface area contributed by atoms with Crippen molar-refractivity contribution in [2.24, 2.45) is 0 Å². The summed E-state index contributed by atoms with van der Waals surface area (Å²) in [5.41, 5.74) is 5.04. The van der Waals surface area contributed by atoms with Gasteiger partial charge in [0.15, 0.2) is 0 Å². The Morgan fingerprint density at radius 2 is 2.00 bits per heavy atom. The number of ether oxygens (including phenoxy) is 1. The van der Waals surface area contributed by atoms with Crippen molar-refractivity contribution in [3.05, 3.63) is 47.2 Å². The molecule has 1 aromatic carbocycles. The second-order valence-electron chi connectivity index (χ2n) is 5.16. The molecule has 0 saturated heterocycles. The van der Waals surface area contributed by atoms with Crippen LogP contribution in [0.1, 0.15) is 17.2 Å². The predicted molar refractivity (Wildman–Crippen MR) is 66.5 cm³/mol. The molecule has 1 atom stereocenters. The Balaban J connectivity index is 2.18. The maximum absolute atomic E-state index is 5.75. The van der Waals surface area contributed by atoms with Gasteiger partial charge in [0, 0.05) is 0 Å². The van der Waals surface area contributed by atoms with E-state index in [9.17, 15) is 0 Å². The van der Waals surface area contributed by atoms with Crippen LogP contribution in [0.2, 0.25) is 19.6 Å². The molecule has 15 heavy (non-hydrogen) atoms. The second kappa shape index (κ2) is 3.95. The summed E-state index contributed by atoms with van der Waals surface area (Å²) in [6.07, 6.45) is 2.42. The molecule has 1 aliphatic rings. The average molecular weight is 218 g/mol. The lowest BCUT2D eigenvalue weighted by Crippen LogP contribution is -2.15. The maximum atomic E-state index is 5.75. The molecule has 0 aromatic heterocycles. The lowest BCUT2D eigenvalue weighted by molar-refractivity contribution is 0.0992. The van der Waals surface area contributed by atoms with Crippen LogP contribution in [0.25, 0.3) is 0 Å². The summed E-state index contributed by atoms with van der Waals surface area (Å²) in [6.45, 7) is 7.77. The average Bonchev–Trinajstić information content (AvgIpc) is 2.57. The normalized spacial score (nSPS) is 20.9. The summed E-state index contributed by atoms with van der Waals surface area (Å²) < 4.78 is 5.75. The Morgan fingerprint density at radius 1 is 1.27 bits per heavy atom. The van der Waals surface area contributed by atoms with Crippen molar-refractivity contribution in [2.45, 2.75) is 32.4 Å². The van der Waals surface area contributed by atoms with E-state index in [-0.39, 0.29) is 6.10 Å². The smallest absolute Gasteiger partial charge is 0.101 e. The fraction of sp³-hybridized carbons (Fsp3) is 0.385. The van der Waals surface area contributed by atoms with E-state index < -0.39 is 8.07 Å². The Kier molecular flexibility index (Phi) is 2.80. The van der Waals surface area contributed by atoms with Crippen LogP contribution in [0, 0.1) is 0 Å². The molecule has 0 fully saturated rings. The molecule has 0 saturated carbocycles. The lowest BCUT2D eigenvalue weighted by Gasteiger charge is -2.11. The summed E-state index contributed by atoms with van der Waals surface area (Å²) in [4.78, 5) is 0. The highest BCUT2D eigenvalue weighted by atomic mass is 28.3. The first-order valence-electron chi connectivity index (χ1n) is 5.45. The lowest BCUT2D eigenvalue weighted by atomic mass is 10.1. The van der Waals surface area contributed by atoms with Gasteiger partial charge in [-0.25, -0.2) is 0 Å². The van der Waals surface area contributed by atoms with Gasteiger partial charge in [-0.3, -0.25) is 0 Å². The van der Waals surface area contributed by atoms with Gasteiger partial charge in [-0.05, 0) is 11.1 Å². The monoisotopic (exact) mass is 218 g/mol. The second-order valence-corrected chi connectivity index (χ2v) is 10.2. The molecule has 1 aromatic rings. The molecule has 1 aliphatic heterocycles. The zero-order chi connectivity index (χ0) is 10.9. The SMILES string of the molecule is C[Si](C)(C)/C=C/C1OCc2ccccc21. The molecule has 0 N–H and O–H groups in total. The molecular weight excluding hydrogens is 200 g/mol. The first kappa shape index (κ1) is 10.6. The molecule has 80 valence electrons. The van der Waals surface area contributed by atoms with Crippen LogP contribution in [0.4, 0.5) is 0 Å². The highest BCUT2D eigenvalue weighted by Crippen LogP contribution is 2.31. The molecule has 2 heteroatoms. The van der Waals surface area contributed by atoms with E-state index in [0.717, 1.165) is 6.61 Å². The fourth-order valence-electron chi connectivity index (χ4n) is 1.75. The third-order valence-corrected chi connectivity index (χ3v) is 3.74. The van der Waals surface area contributed by atoms with Crippen molar-refractivity contribution in [3.63, 3.8) is 0 Å². The van der Waals surface area contributed by atoms with Crippen LogP contribution in [0.15, 0.2) is 36.0 Å². The van der Waals surface area contributed by atoms with E-state index in [4.69, 9.17) is 4.74 Å². The summed E-state index contributed by atoms with van der Waals surface area (Å²) in [6, 6.07) is 8.48. The maximum Gasteiger partial charge on any atom is 0.101 e. The van der Waals surface area contributed by atoms with E-state index in [1.807, 2.05) is 0 Å². The van der Waals surface area contributed by atoms with Crippen LogP contribution in [-0.2, 0) is 11.3 Å². The first-order chi connectivity index (χ1) is 7.06. The van der Waals surface area contributed by atoms with Crippen LogP contribution in [0.3, 0.4) is 0 Å². The molecule has 2 rings (SSSR count). The molecule has 1 unspecified atom stereocenters. The quantitative estimate of drug-likeness (QED) is 0.688. The molecule has 1 nitrogen and oxygen atoms in total. The van der Waals surface area contributed by atoms with Crippen molar-refractivity contribution < 1.29 is 4.74 Å². The zero-order valence-electron chi connectivity index (χ0n) is 9.66. The zero-order valence-corrected chi connectivity index (χ0v) is 10.7. The first-order valence-corrected chi connectivity index (χ1v) is 9.03. The minimum Gasteiger partial charge on any atom is -0.365 e. The van der Waals surface area contributed by atoms with Crippen LogP contribution < -0.4 is 0 Å². The third-order valence-electron chi connectivity index (χ3n) is 2.55. The molecular formula is C13H18OSi. The summed E-state index contributed by atoms with van der Waals surface area (Å²) in [5, 5.41) is 0. The van der Waals surface area contributed by atoms with Gasteiger partial charge < -0.3 is 4.74 Å². The number of hydrogen-bond acceptors (Lipinski definition) is 1. The van der Waals surface area contributed by atoms with E-state index >= 15 is 0 Å². The predicted octanol–water partition coefficient (Wildman–Crippen LogP) is 3.69. The highest BCUT2D eigenvalue weighted by Gasteiger charge is 2.20. The van der Waals surface area contributed by atoms with Crippen molar-refractivity contribution in [2.75, 3.05) is 0 Å². The summed E-state index contributed by atoms with van der Waals surface area (Å²) in [5.74, 6) is 0. The van der Waals surface area contributed by atoms with Crippen LogP contribution >= 0.6 is 0 Å². The van der Waals surface area contributed by atoms with Crippen LogP contribution in [0.5, 0.6) is 0 Å². The molecule has 0 bridgehead atoms. The number of hydrogen-bond donors (Lipinski definition) is 0. The van der Waals surface area contributed by atoms with Crippen molar-refractivity contribution in [3.8, 4) is 0 Å². The fourth-order valence-corrected chi connectivity index (χ4v) is 2.50. The number of rotatable bonds is 2. The number of benzene rings is 1. The highest BCUT2D eigenvalue weighted by molar-refractivity contribution is 6.80. The van der Waals surface area contributed by atoms with Crippen molar-refractivity contribution in [1.29, 1.82) is 0 Å². The van der Waals surface area contributed by atoms with E-state index in [1.165, 1.54) is 11.1 Å². The molecule has 0 aliphatic carbocycles. The van der Waals surface area contributed by atoms with Gasteiger partial charge in [-0.2, -0.15) is 0 Å². The van der Waals surface area contributed by atoms with Gasteiger partial charge >= 0.3 is 0 Å². The molecule has 0 amide bonds. The third kappa shape index (κ3) is 2.58. The molecule has 0 spiro atoms. The Labute approximate surface area is 92.8 Å². The van der Waals surface area contributed by atoms with Crippen molar-refractivity contribution >= 4 is 8.07 Å². The van der Waals surface area contributed by atoms with Crippen LogP contribution in [-0.4, -0.2) is 8.07 Å². The van der Waals surface area contributed by atoms with Gasteiger partial charge in [-0.15, -0.1) is 0 Å². The van der Waals surface area contributed by atoms with Gasteiger partial charge in [0.25, 0.3) is 0 Å². The minimum absolute atomic E-state index is 0.188. The standard InChI is InChI=1S/C13H18OSi/c1-15(2,3)9-8-13-12-7-5-4-6-11(12)10-14-13/h4-9,13H,10H2,1-3H3/b9-8+. The van der Waals surface area contributed by atoms with Gasteiger partial charge in [0.1, 0.15) is 6.10 Å². The largest absolute Gasteiger partial charge is 0.365 e. The van der Waals surface area contributed by atoms with Crippen molar-refractivity contribution in [1.82, 2.24) is 0 Å². The number of fused-ring (bicyclic) bond motifs is 1. The van der Waals surface area contributed by atoms with Gasteiger partial charge in [0.2, 0.25) is 0 Å². The van der Waals surface area contributed by atoms with Gasteiger partial charge in [0.05, 0.1) is 14.7 Å². The Bertz CT molecular complexity index is 376. The summed E-state index contributed by atoms with van der Waals surface area (Å²) >= 11 is 0. The minimum atomic E-state index is -1.11. The molecule has 0 radical (unpaired) electrons. The molecule has 1 heterocycles. The van der Waals surface area contributed by atoms with E-state index in [0.29, 0.717) is 0 Å². The van der Waals surface area contributed by atoms with Gasteiger partial charge in [-0.1, -0.05) is 55.7 Å². The topological polar surface area (TPSA) is 9.23 Å². The Hall–Kier alpha value is -0.863. The Morgan fingerprint density at radius 3 is 2.73 bits per heavy atom. The van der Waals surface area contributed by atoms with E-state index in [2.05, 4.69) is 55.7 Å². The summed E-state index contributed by atoms with van der Waals surface area (Å²) in [7, 11) is -1.11. The van der Waals surface area contributed by atoms with E-state index in [1.54, 1.807) is 0 Å².